The Morgan fingerprint density at radius 1 is 1.25 bits per heavy atom. The highest BCUT2D eigenvalue weighted by Crippen LogP contribution is 2.41. The Balaban J connectivity index is 1.49. The van der Waals surface area contributed by atoms with E-state index in [1.807, 2.05) is 26.0 Å². The standard InChI is InChI=1S/C20H19ClFNO5/c1-20(2)9-12-4-3-5-16(19(12)28-20)26-11-18(25)27-10-17(24)23-15-8-13(21)6-7-14(15)22/h3-8H,9-11H2,1-2H3,(H,23,24). The summed E-state index contributed by atoms with van der Waals surface area (Å²) in [7, 11) is 0. The number of amides is 1. The lowest BCUT2D eigenvalue weighted by Crippen LogP contribution is -2.25. The largest absolute Gasteiger partial charge is 0.483 e. The molecule has 2 aromatic rings. The molecule has 1 amide bonds. The molecule has 3 rings (SSSR count). The molecule has 1 heterocycles. The molecule has 6 nitrogen and oxygen atoms in total. The maximum atomic E-state index is 13.6. The van der Waals surface area contributed by atoms with Crippen LogP contribution in [0.3, 0.4) is 0 Å². The smallest absolute Gasteiger partial charge is 0.344 e. The number of benzene rings is 2. The van der Waals surface area contributed by atoms with E-state index >= 15 is 0 Å². The second kappa shape index (κ2) is 8.06. The molecule has 1 N–H and O–H groups in total. The van der Waals surface area contributed by atoms with Crippen LogP contribution in [-0.2, 0) is 20.7 Å². The number of carbonyl (C=O) groups excluding carboxylic acids is 2. The Kier molecular flexibility index (Phi) is 5.74. The number of para-hydroxylation sites is 1. The number of ether oxygens (including phenoxy) is 3. The molecule has 0 atom stereocenters. The Labute approximate surface area is 166 Å². The van der Waals surface area contributed by atoms with Crippen molar-refractivity contribution in [1.82, 2.24) is 0 Å². The number of nitrogens with one attached hydrogen (secondary N) is 1. The van der Waals surface area contributed by atoms with Crippen molar-refractivity contribution in [3.05, 3.63) is 52.8 Å². The zero-order valence-electron chi connectivity index (χ0n) is 15.4. The lowest BCUT2D eigenvalue weighted by atomic mass is 10.0. The predicted octanol–water partition coefficient (Wildman–Crippen LogP) is 3.75. The van der Waals surface area contributed by atoms with Gasteiger partial charge in [-0.15, -0.1) is 0 Å². The van der Waals surface area contributed by atoms with E-state index in [-0.39, 0.29) is 22.9 Å². The highest BCUT2D eigenvalue weighted by molar-refractivity contribution is 6.30. The SMILES string of the molecule is CC1(C)Cc2cccc(OCC(=O)OCC(=O)Nc3cc(Cl)ccc3F)c2O1. The summed E-state index contributed by atoms with van der Waals surface area (Å²) >= 11 is 5.75. The molecule has 148 valence electrons. The monoisotopic (exact) mass is 407 g/mol. The maximum Gasteiger partial charge on any atom is 0.344 e. The number of esters is 1. The molecule has 0 saturated carbocycles. The minimum absolute atomic E-state index is 0.0931. The van der Waals surface area contributed by atoms with Crippen molar-refractivity contribution in [3.63, 3.8) is 0 Å². The normalized spacial score (nSPS) is 14.0. The van der Waals surface area contributed by atoms with Gasteiger partial charge in [0.05, 0.1) is 5.69 Å². The zero-order valence-corrected chi connectivity index (χ0v) is 16.1. The molecular formula is C20H19ClFNO5. The number of hydrogen-bond acceptors (Lipinski definition) is 5. The first-order valence-corrected chi connectivity index (χ1v) is 8.95. The molecule has 1 aliphatic heterocycles. The number of hydrogen-bond donors (Lipinski definition) is 1. The number of carbonyl (C=O) groups is 2. The van der Waals surface area contributed by atoms with E-state index in [0.717, 1.165) is 18.1 Å². The minimum Gasteiger partial charge on any atom is -0.483 e. The van der Waals surface area contributed by atoms with Gasteiger partial charge in [-0.1, -0.05) is 23.7 Å². The van der Waals surface area contributed by atoms with Crippen molar-refractivity contribution in [2.45, 2.75) is 25.9 Å². The van der Waals surface area contributed by atoms with Crippen LogP contribution in [0.1, 0.15) is 19.4 Å². The second-order valence-electron chi connectivity index (χ2n) is 6.90. The van der Waals surface area contributed by atoms with Crippen LogP contribution in [0.2, 0.25) is 5.02 Å². The quantitative estimate of drug-likeness (QED) is 0.738. The molecule has 0 saturated heterocycles. The molecule has 8 heteroatoms. The lowest BCUT2D eigenvalue weighted by Gasteiger charge is -2.18. The first-order chi connectivity index (χ1) is 13.2. The Hall–Kier alpha value is -2.80. The molecule has 0 spiro atoms. The maximum absolute atomic E-state index is 13.6. The van der Waals surface area contributed by atoms with Crippen LogP contribution in [0.15, 0.2) is 36.4 Å². The molecule has 28 heavy (non-hydrogen) atoms. The zero-order chi connectivity index (χ0) is 20.3. The molecule has 0 unspecified atom stereocenters. The summed E-state index contributed by atoms with van der Waals surface area (Å²) < 4.78 is 29.8. The van der Waals surface area contributed by atoms with E-state index in [2.05, 4.69) is 5.32 Å². The first kappa shape index (κ1) is 19.9. The Morgan fingerprint density at radius 2 is 2.04 bits per heavy atom. The highest BCUT2D eigenvalue weighted by Gasteiger charge is 2.32. The van der Waals surface area contributed by atoms with Crippen LogP contribution in [0.4, 0.5) is 10.1 Å². The van der Waals surface area contributed by atoms with E-state index in [9.17, 15) is 14.0 Å². The number of halogens is 2. The molecule has 2 aromatic carbocycles. The van der Waals surface area contributed by atoms with Crippen molar-refractivity contribution in [2.24, 2.45) is 0 Å². The fourth-order valence-corrected chi connectivity index (χ4v) is 2.98. The number of rotatable bonds is 6. The van der Waals surface area contributed by atoms with Crippen molar-refractivity contribution in [1.29, 1.82) is 0 Å². The lowest BCUT2D eigenvalue weighted by molar-refractivity contribution is -0.149. The summed E-state index contributed by atoms with van der Waals surface area (Å²) in [5.41, 5.74) is 0.568. The van der Waals surface area contributed by atoms with Gasteiger partial charge in [0.1, 0.15) is 11.4 Å². The Morgan fingerprint density at radius 3 is 2.82 bits per heavy atom. The van der Waals surface area contributed by atoms with Crippen molar-refractivity contribution < 1.29 is 28.2 Å². The van der Waals surface area contributed by atoms with Gasteiger partial charge in [-0.2, -0.15) is 0 Å². The third-order valence-corrected chi connectivity index (χ3v) is 4.20. The summed E-state index contributed by atoms with van der Waals surface area (Å²) in [6, 6.07) is 9.19. The van der Waals surface area contributed by atoms with Crippen LogP contribution in [-0.4, -0.2) is 30.7 Å². The number of fused-ring (bicyclic) bond motifs is 1. The third-order valence-electron chi connectivity index (χ3n) is 3.97. The summed E-state index contributed by atoms with van der Waals surface area (Å²) in [6.45, 7) is 2.96. The van der Waals surface area contributed by atoms with Gasteiger partial charge in [-0.25, -0.2) is 9.18 Å². The summed E-state index contributed by atoms with van der Waals surface area (Å²) in [5, 5.41) is 2.55. The van der Waals surface area contributed by atoms with Gasteiger partial charge in [0, 0.05) is 17.0 Å². The van der Waals surface area contributed by atoms with Crippen LogP contribution in [0.25, 0.3) is 0 Å². The minimum atomic E-state index is -0.739. The van der Waals surface area contributed by atoms with E-state index in [1.165, 1.54) is 12.1 Å². The summed E-state index contributed by atoms with van der Waals surface area (Å²) in [6.07, 6.45) is 0.740. The fourth-order valence-electron chi connectivity index (χ4n) is 2.80. The average molecular weight is 408 g/mol. The van der Waals surface area contributed by atoms with Gasteiger partial charge in [0.25, 0.3) is 5.91 Å². The van der Waals surface area contributed by atoms with Gasteiger partial charge >= 0.3 is 5.97 Å². The molecule has 0 aliphatic carbocycles. The van der Waals surface area contributed by atoms with E-state index in [4.69, 9.17) is 25.8 Å². The van der Waals surface area contributed by atoms with E-state index < -0.39 is 24.3 Å². The molecule has 0 fully saturated rings. The summed E-state index contributed by atoms with van der Waals surface area (Å²) in [5.74, 6) is -1.04. The fraction of sp³-hybridized carbons (Fsp3) is 0.300. The third kappa shape index (κ3) is 4.92. The van der Waals surface area contributed by atoms with Crippen molar-refractivity contribution >= 4 is 29.2 Å². The second-order valence-corrected chi connectivity index (χ2v) is 7.34. The van der Waals surface area contributed by atoms with Crippen LogP contribution in [0.5, 0.6) is 11.5 Å². The predicted molar refractivity (Wildman–Crippen MR) is 101 cm³/mol. The van der Waals surface area contributed by atoms with Gasteiger partial charge in [0.15, 0.2) is 24.7 Å². The molecule has 1 aliphatic rings. The van der Waals surface area contributed by atoms with Crippen LogP contribution >= 0.6 is 11.6 Å². The van der Waals surface area contributed by atoms with E-state index in [1.54, 1.807) is 6.07 Å². The van der Waals surface area contributed by atoms with Gasteiger partial charge in [-0.05, 0) is 38.1 Å². The van der Waals surface area contributed by atoms with E-state index in [0.29, 0.717) is 11.5 Å². The molecule has 0 radical (unpaired) electrons. The first-order valence-electron chi connectivity index (χ1n) is 8.58. The topological polar surface area (TPSA) is 73.9 Å². The van der Waals surface area contributed by atoms with Crippen LogP contribution in [0, 0.1) is 5.82 Å². The van der Waals surface area contributed by atoms with Gasteiger partial charge < -0.3 is 19.5 Å². The Bertz CT molecular complexity index is 915. The van der Waals surface area contributed by atoms with Crippen molar-refractivity contribution in [2.75, 3.05) is 18.5 Å². The highest BCUT2D eigenvalue weighted by atomic mass is 35.5. The van der Waals surface area contributed by atoms with Gasteiger partial charge in [0.2, 0.25) is 0 Å². The average Bonchev–Trinajstić information content (AvgIpc) is 2.95. The van der Waals surface area contributed by atoms with Gasteiger partial charge in [-0.3, -0.25) is 4.79 Å². The van der Waals surface area contributed by atoms with Crippen molar-refractivity contribution in [3.8, 4) is 11.5 Å². The molecule has 0 bridgehead atoms. The molecule has 0 aromatic heterocycles. The molecular weight excluding hydrogens is 389 g/mol. The van der Waals surface area contributed by atoms with Crippen LogP contribution < -0.4 is 14.8 Å². The summed E-state index contributed by atoms with van der Waals surface area (Å²) in [4.78, 5) is 23.7. The number of anilines is 1.